The molecular weight excluding hydrogens is 430 g/mol. The Labute approximate surface area is 181 Å². The van der Waals surface area contributed by atoms with Gasteiger partial charge in [-0.25, -0.2) is 0 Å². The summed E-state index contributed by atoms with van der Waals surface area (Å²) in [6.07, 6.45) is 8.05. The van der Waals surface area contributed by atoms with Gasteiger partial charge in [-0.05, 0) is 38.5 Å². The number of hydrogen-bond acceptors (Lipinski definition) is 3. The molecule has 2 aromatic rings. The topological polar surface area (TPSA) is 59.9 Å². The second kappa shape index (κ2) is 8.43. The van der Waals surface area contributed by atoms with Crippen LogP contribution in [0.2, 0.25) is 0 Å². The summed E-state index contributed by atoms with van der Waals surface area (Å²) in [5, 5.41) is 10.9. The monoisotopic (exact) mass is 453 g/mol. The molecule has 1 N–H and O–H groups in total. The van der Waals surface area contributed by atoms with Gasteiger partial charge >= 0.3 is 0 Å². The van der Waals surface area contributed by atoms with Crippen molar-refractivity contribution in [3.8, 4) is 0 Å². The van der Waals surface area contributed by atoms with Crippen LogP contribution in [0.15, 0.2) is 76.9 Å². The smallest absolute Gasteiger partial charge is 0.271 e. The van der Waals surface area contributed by atoms with Crippen molar-refractivity contribution in [3.63, 3.8) is 0 Å². The van der Waals surface area contributed by atoms with Crippen molar-refractivity contribution in [2.24, 2.45) is 4.99 Å². The number of nitrogens with one attached hydrogen (secondary N) is 1. The Kier molecular flexibility index (Phi) is 6.15. The van der Waals surface area contributed by atoms with Crippen molar-refractivity contribution in [1.29, 1.82) is 0 Å². The highest BCUT2D eigenvalue weighted by atomic mass is 79.9. The Morgan fingerprint density at radius 2 is 1.97 bits per heavy atom. The summed E-state index contributed by atoms with van der Waals surface area (Å²) in [5.41, 5.74) is 6.30. The van der Waals surface area contributed by atoms with Gasteiger partial charge in [0, 0.05) is 35.9 Å². The van der Waals surface area contributed by atoms with Crippen LogP contribution in [0, 0.1) is 10.1 Å². The van der Waals surface area contributed by atoms with Crippen molar-refractivity contribution in [2.75, 3.05) is 6.54 Å². The number of allylic oxidation sites excluding steroid dienone is 4. The number of benzene rings is 2. The minimum absolute atomic E-state index is 0. The molecule has 2 aliphatic rings. The molecule has 0 radical (unpaired) electrons. The number of fused-ring (bicyclic) bond motifs is 3. The Hall–Kier alpha value is -2.57. The summed E-state index contributed by atoms with van der Waals surface area (Å²) < 4.78 is 0. The van der Waals surface area contributed by atoms with E-state index >= 15 is 0 Å². The molecule has 1 atom stereocenters. The zero-order valence-corrected chi connectivity index (χ0v) is 18.1. The summed E-state index contributed by atoms with van der Waals surface area (Å²) in [6.45, 7) is 5.75. The molecule has 29 heavy (non-hydrogen) atoms. The second-order valence-electron chi connectivity index (χ2n) is 7.82. The molecular formula is C23H24BrN3O2. The van der Waals surface area contributed by atoms with E-state index in [9.17, 15) is 10.1 Å². The molecule has 0 fully saturated rings. The van der Waals surface area contributed by atoms with Crippen LogP contribution < -0.4 is 21.9 Å². The van der Waals surface area contributed by atoms with Crippen LogP contribution in [0.5, 0.6) is 0 Å². The molecule has 0 spiro atoms. The average Bonchev–Trinajstić information content (AvgIpc) is 2.94. The lowest BCUT2D eigenvalue weighted by Crippen LogP contribution is -3.05. The number of quaternary nitrogens is 1. The first kappa shape index (κ1) is 21.1. The molecule has 2 aliphatic heterocycles. The van der Waals surface area contributed by atoms with Gasteiger partial charge in [-0.2, -0.15) is 0 Å². The molecule has 6 heteroatoms. The molecule has 0 saturated heterocycles. The van der Waals surface area contributed by atoms with E-state index in [-0.39, 0.29) is 28.1 Å². The summed E-state index contributed by atoms with van der Waals surface area (Å²) in [6, 6.07) is 15.1. The third kappa shape index (κ3) is 3.95. The van der Waals surface area contributed by atoms with Gasteiger partial charge in [0.2, 0.25) is 0 Å². The predicted octanol–water partition coefficient (Wildman–Crippen LogP) is 1.41. The van der Waals surface area contributed by atoms with Crippen molar-refractivity contribution < 1.29 is 26.8 Å². The standard InChI is InChI=1S/C23H23N3O2.BrH/c1-23(2)20-12-3-4-13-21(20)25-15-7-9-17(22(23)25)8-6-14-24-18-10-5-11-19(16-18)26(27)28;/h3-6,8,10-14,16H,7,9,15H2,1-2H3;1H. The molecule has 2 heterocycles. The van der Waals surface area contributed by atoms with Crippen LogP contribution in [0.3, 0.4) is 0 Å². The fourth-order valence-corrected chi connectivity index (χ4v) is 4.52. The third-order valence-electron chi connectivity index (χ3n) is 5.69. The summed E-state index contributed by atoms with van der Waals surface area (Å²) >= 11 is 0. The Morgan fingerprint density at radius 1 is 1.17 bits per heavy atom. The number of hydrogen-bond donors (Lipinski definition) is 1. The molecule has 0 amide bonds. The fraction of sp³-hybridized carbons (Fsp3) is 0.261. The number of non-ortho nitro benzene ring substituents is 1. The van der Waals surface area contributed by atoms with Gasteiger partial charge in [0.15, 0.2) is 0 Å². The van der Waals surface area contributed by atoms with E-state index in [0.29, 0.717) is 5.69 Å². The van der Waals surface area contributed by atoms with Crippen molar-refractivity contribution in [1.82, 2.24) is 0 Å². The van der Waals surface area contributed by atoms with Gasteiger partial charge < -0.3 is 17.0 Å². The van der Waals surface area contributed by atoms with Gasteiger partial charge in [-0.15, -0.1) is 0 Å². The molecule has 4 rings (SSSR count). The molecule has 1 unspecified atom stereocenters. The van der Waals surface area contributed by atoms with E-state index in [1.807, 2.05) is 6.08 Å². The van der Waals surface area contributed by atoms with Crippen LogP contribution in [0.4, 0.5) is 17.1 Å². The zero-order chi connectivity index (χ0) is 19.7. The van der Waals surface area contributed by atoms with Crippen LogP contribution in [0.1, 0.15) is 32.3 Å². The Bertz CT molecular complexity index is 1020. The van der Waals surface area contributed by atoms with Crippen LogP contribution >= 0.6 is 0 Å². The Morgan fingerprint density at radius 3 is 2.76 bits per heavy atom. The zero-order valence-electron chi connectivity index (χ0n) is 16.6. The summed E-state index contributed by atoms with van der Waals surface area (Å²) in [7, 11) is 0. The lowest BCUT2D eigenvalue weighted by Gasteiger charge is -2.27. The maximum Gasteiger partial charge on any atom is 0.271 e. The second-order valence-corrected chi connectivity index (χ2v) is 7.82. The molecule has 0 aliphatic carbocycles. The van der Waals surface area contributed by atoms with Crippen molar-refractivity contribution in [3.05, 3.63) is 87.6 Å². The minimum Gasteiger partial charge on any atom is -1.00 e. The van der Waals surface area contributed by atoms with E-state index in [1.54, 1.807) is 18.3 Å². The maximum absolute atomic E-state index is 10.9. The van der Waals surface area contributed by atoms with E-state index in [1.165, 1.54) is 39.6 Å². The lowest BCUT2D eigenvalue weighted by atomic mass is 9.80. The number of nitrogens with zero attached hydrogens (tertiary/aromatic N) is 2. The highest BCUT2D eigenvalue weighted by Crippen LogP contribution is 2.41. The number of halogens is 1. The number of nitro groups is 1. The van der Waals surface area contributed by atoms with Crippen LogP contribution in [0.25, 0.3) is 0 Å². The van der Waals surface area contributed by atoms with E-state index in [4.69, 9.17) is 0 Å². The van der Waals surface area contributed by atoms with Gasteiger partial charge in [-0.1, -0.05) is 30.3 Å². The first-order chi connectivity index (χ1) is 13.5. The van der Waals surface area contributed by atoms with E-state index < -0.39 is 4.92 Å². The minimum atomic E-state index is -0.402. The Balaban J connectivity index is 0.00000240. The number of aliphatic imine (C=N–C) groups is 1. The van der Waals surface area contributed by atoms with E-state index in [2.05, 4.69) is 49.2 Å². The summed E-state index contributed by atoms with van der Waals surface area (Å²) in [5.74, 6) is 0. The van der Waals surface area contributed by atoms with Crippen molar-refractivity contribution >= 4 is 23.3 Å². The van der Waals surface area contributed by atoms with Crippen LogP contribution in [-0.2, 0) is 5.41 Å². The molecule has 0 saturated carbocycles. The van der Waals surface area contributed by atoms with E-state index in [0.717, 1.165) is 19.4 Å². The first-order valence-electron chi connectivity index (χ1n) is 9.63. The third-order valence-corrected chi connectivity index (χ3v) is 5.69. The van der Waals surface area contributed by atoms with Gasteiger partial charge in [0.25, 0.3) is 5.69 Å². The first-order valence-corrected chi connectivity index (χ1v) is 9.63. The van der Waals surface area contributed by atoms with Crippen LogP contribution in [-0.4, -0.2) is 17.7 Å². The number of nitro benzene ring substituents is 1. The molecule has 0 bridgehead atoms. The summed E-state index contributed by atoms with van der Waals surface area (Å²) in [4.78, 5) is 16.3. The fourth-order valence-electron chi connectivity index (χ4n) is 4.52. The van der Waals surface area contributed by atoms with Gasteiger partial charge in [0.05, 0.1) is 22.6 Å². The normalized spacial score (nSPS) is 19.9. The van der Waals surface area contributed by atoms with Gasteiger partial charge in [0.1, 0.15) is 11.4 Å². The highest BCUT2D eigenvalue weighted by molar-refractivity contribution is 5.75. The number of rotatable bonds is 4. The predicted molar refractivity (Wildman–Crippen MR) is 112 cm³/mol. The highest BCUT2D eigenvalue weighted by Gasteiger charge is 2.47. The lowest BCUT2D eigenvalue weighted by molar-refractivity contribution is -0.792. The molecule has 2 aromatic carbocycles. The van der Waals surface area contributed by atoms with Crippen molar-refractivity contribution in [2.45, 2.75) is 32.1 Å². The average molecular weight is 454 g/mol. The molecule has 5 nitrogen and oxygen atoms in total. The molecule has 150 valence electrons. The largest absolute Gasteiger partial charge is 1.00 e. The number of para-hydroxylation sites is 1. The SMILES string of the molecule is CC1(C)C2=C(C=CC=Nc3cccc([N+](=O)[O-])c3)CCC[NH+]2c2ccccc21.[Br-]. The molecule has 0 aromatic heterocycles. The maximum atomic E-state index is 10.9. The quantitative estimate of drug-likeness (QED) is 0.432. The van der Waals surface area contributed by atoms with Gasteiger partial charge in [-0.3, -0.25) is 20.0 Å².